The summed E-state index contributed by atoms with van der Waals surface area (Å²) in [6.45, 7) is 1.72. The molecule has 0 N–H and O–H groups in total. The maximum absolute atomic E-state index is 13.0. The minimum absolute atomic E-state index is 0.133. The Morgan fingerprint density at radius 3 is 2.17 bits per heavy atom. The molecule has 0 aromatic heterocycles. The zero-order chi connectivity index (χ0) is 16.1. The molecular formula is C20H23NO2. The van der Waals surface area contributed by atoms with Gasteiger partial charge in [0.25, 0.3) is 5.91 Å². The quantitative estimate of drug-likeness (QED) is 0.842. The number of likely N-dealkylation sites (tertiary alicyclic amines) is 1. The van der Waals surface area contributed by atoms with Crippen LogP contribution in [0.4, 0.5) is 0 Å². The van der Waals surface area contributed by atoms with Crippen LogP contribution < -0.4 is 4.74 Å². The molecule has 1 amide bonds. The van der Waals surface area contributed by atoms with E-state index in [-0.39, 0.29) is 5.91 Å². The van der Waals surface area contributed by atoms with Crippen LogP contribution in [0.5, 0.6) is 5.75 Å². The molecule has 0 saturated carbocycles. The molecule has 1 aliphatic rings. The summed E-state index contributed by atoms with van der Waals surface area (Å²) in [5.74, 6) is 0.928. The first kappa shape index (κ1) is 15.6. The molecule has 1 aliphatic heterocycles. The maximum Gasteiger partial charge on any atom is 0.254 e. The van der Waals surface area contributed by atoms with Crippen molar-refractivity contribution in [2.45, 2.75) is 25.7 Å². The van der Waals surface area contributed by atoms with Crippen molar-refractivity contribution < 1.29 is 9.53 Å². The predicted molar refractivity (Wildman–Crippen MR) is 92.8 cm³/mol. The topological polar surface area (TPSA) is 29.5 Å². The van der Waals surface area contributed by atoms with E-state index in [9.17, 15) is 4.79 Å². The van der Waals surface area contributed by atoms with Gasteiger partial charge in [0.1, 0.15) is 5.75 Å². The Morgan fingerprint density at radius 1 is 0.870 bits per heavy atom. The number of carbonyl (C=O) groups excluding carboxylic acids is 1. The first-order chi connectivity index (χ1) is 11.3. The van der Waals surface area contributed by atoms with Gasteiger partial charge in [-0.25, -0.2) is 0 Å². The molecule has 1 saturated heterocycles. The Morgan fingerprint density at radius 2 is 1.48 bits per heavy atom. The van der Waals surface area contributed by atoms with Crippen LogP contribution >= 0.6 is 0 Å². The van der Waals surface area contributed by atoms with Crippen LogP contribution in [-0.2, 0) is 0 Å². The van der Waals surface area contributed by atoms with Crippen LogP contribution in [-0.4, -0.2) is 31.0 Å². The molecule has 0 aliphatic carbocycles. The lowest BCUT2D eigenvalue weighted by Crippen LogP contribution is -2.32. The highest BCUT2D eigenvalue weighted by Crippen LogP contribution is 2.32. The summed E-state index contributed by atoms with van der Waals surface area (Å²) in [6.07, 6.45) is 4.64. The van der Waals surface area contributed by atoms with Gasteiger partial charge in [0.2, 0.25) is 0 Å². The number of amides is 1. The molecule has 2 aromatic carbocycles. The minimum atomic E-state index is 0.133. The highest BCUT2D eigenvalue weighted by molar-refractivity contribution is 6.01. The molecule has 2 aromatic rings. The standard InChI is InChI=1S/C20H23NO2/c1-23-19-13-7-6-11-17(19)16-10-4-5-12-18(16)20(22)21-14-8-2-3-9-15-21/h4-7,10-13H,2-3,8-9,14-15H2,1H3. The van der Waals surface area contributed by atoms with Crippen LogP contribution in [0.2, 0.25) is 0 Å². The van der Waals surface area contributed by atoms with E-state index in [1.165, 1.54) is 12.8 Å². The fourth-order valence-electron chi connectivity index (χ4n) is 3.22. The number of rotatable bonds is 3. The monoisotopic (exact) mass is 309 g/mol. The van der Waals surface area contributed by atoms with Gasteiger partial charge in [-0.05, 0) is 30.5 Å². The summed E-state index contributed by atoms with van der Waals surface area (Å²) >= 11 is 0. The summed E-state index contributed by atoms with van der Waals surface area (Å²) in [6, 6.07) is 15.7. The van der Waals surface area contributed by atoms with Crippen LogP contribution in [0.25, 0.3) is 11.1 Å². The average Bonchev–Trinajstić information content (AvgIpc) is 2.90. The van der Waals surface area contributed by atoms with Crippen molar-refractivity contribution in [1.29, 1.82) is 0 Å². The first-order valence-electron chi connectivity index (χ1n) is 8.33. The molecule has 3 heteroatoms. The van der Waals surface area contributed by atoms with E-state index < -0.39 is 0 Å². The normalized spacial score (nSPS) is 15.1. The van der Waals surface area contributed by atoms with Gasteiger partial charge in [0.05, 0.1) is 7.11 Å². The van der Waals surface area contributed by atoms with Crippen LogP contribution in [0.1, 0.15) is 36.0 Å². The summed E-state index contributed by atoms with van der Waals surface area (Å²) in [4.78, 5) is 15.0. The highest BCUT2D eigenvalue weighted by atomic mass is 16.5. The zero-order valence-electron chi connectivity index (χ0n) is 13.6. The number of carbonyl (C=O) groups is 1. The summed E-state index contributed by atoms with van der Waals surface area (Å²) in [5, 5.41) is 0. The maximum atomic E-state index is 13.0. The van der Waals surface area contributed by atoms with Crippen molar-refractivity contribution >= 4 is 5.91 Å². The summed E-state index contributed by atoms with van der Waals surface area (Å²) in [5.41, 5.74) is 2.67. The van der Waals surface area contributed by atoms with E-state index >= 15 is 0 Å². The third kappa shape index (κ3) is 3.39. The molecule has 3 nitrogen and oxygen atoms in total. The van der Waals surface area contributed by atoms with Gasteiger partial charge in [-0.3, -0.25) is 4.79 Å². The number of methoxy groups -OCH3 is 1. The molecule has 0 spiro atoms. The molecule has 0 atom stereocenters. The SMILES string of the molecule is COc1ccccc1-c1ccccc1C(=O)N1CCCCCC1. The smallest absolute Gasteiger partial charge is 0.254 e. The van der Waals surface area contributed by atoms with Crippen molar-refractivity contribution in [2.24, 2.45) is 0 Å². The van der Waals surface area contributed by atoms with Crippen LogP contribution in [0.15, 0.2) is 48.5 Å². The third-order valence-corrected chi connectivity index (χ3v) is 4.45. The van der Waals surface area contributed by atoms with Crippen molar-refractivity contribution in [2.75, 3.05) is 20.2 Å². The Labute approximate surface area is 137 Å². The lowest BCUT2D eigenvalue weighted by molar-refractivity contribution is 0.0762. The Hall–Kier alpha value is -2.29. The van der Waals surface area contributed by atoms with Gasteiger partial charge in [-0.15, -0.1) is 0 Å². The van der Waals surface area contributed by atoms with Crippen LogP contribution in [0.3, 0.4) is 0 Å². The van der Waals surface area contributed by atoms with E-state index in [1.54, 1.807) is 7.11 Å². The van der Waals surface area contributed by atoms with E-state index in [0.717, 1.165) is 48.4 Å². The van der Waals surface area contributed by atoms with Crippen molar-refractivity contribution in [3.05, 3.63) is 54.1 Å². The number of ether oxygens (including phenoxy) is 1. The van der Waals surface area contributed by atoms with E-state index in [2.05, 4.69) is 0 Å². The van der Waals surface area contributed by atoms with Crippen molar-refractivity contribution in [3.8, 4) is 16.9 Å². The minimum Gasteiger partial charge on any atom is -0.496 e. The Kier molecular flexibility index (Phi) is 4.96. The number of hydrogen-bond donors (Lipinski definition) is 0. The molecule has 3 rings (SSSR count). The Bertz CT molecular complexity index is 673. The predicted octanol–water partition coefficient (Wildman–Crippen LogP) is 4.38. The van der Waals surface area contributed by atoms with Gasteiger partial charge in [-0.2, -0.15) is 0 Å². The second-order valence-corrected chi connectivity index (χ2v) is 5.95. The molecular weight excluding hydrogens is 286 g/mol. The lowest BCUT2D eigenvalue weighted by Gasteiger charge is -2.22. The van der Waals surface area contributed by atoms with E-state index in [1.807, 2.05) is 53.4 Å². The van der Waals surface area contributed by atoms with Gasteiger partial charge >= 0.3 is 0 Å². The fraction of sp³-hybridized carbons (Fsp3) is 0.350. The molecule has 0 bridgehead atoms. The largest absolute Gasteiger partial charge is 0.496 e. The number of para-hydroxylation sites is 1. The molecule has 1 fully saturated rings. The molecule has 120 valence electrons. The molecule has 0 radical (unpaired) electrons. The zero-order valence-corrected chi connectivity index (χ0v) is 13.6. The van der Waals surface area contributed by atoms with Crippen LogP contribution in [0, 0.1) is 0 Å². The van der Waals surface area contributed by atoms with Crippen molar-refractivity contribution in [1.82, 2.24) is 4.90 Å². The number of hydrogen-bond acceptors (Lipinski definition) is 2. The van der Waals surface area contributed by atoms with E-state index in [0.29, 0.717) is 0 Å². The van der Waals surface area contributed by atoms with Crippen molar-refractivity contribution in [3.63, 3.8) is 0 Å². The average molecular weight is 309 g/mol. The third-order valence-electron chi connectivity index (χ3n) is 4.45. The molecule has 23 heavy (non-hydrogen) atoms. The van der Waals surface area contributed by atoms with Gasteiger partial charge < -0.3 is 9.64 Å². The molecule has 0 unspecified atom stereocenters. The van der Waals surface area contributed by atoms with Gasteiger partial charge in [0, 0.05) is 24.2 Å². The number of nitrogens with zero attached hydrogens (tertiary/aromatic N) is 1. The first-order valence-corrected chi connectivity index (χ1v) is 8.33. The summed E-state index contributed by atoms with van der Waals surface area (Å²) in [7, 11) is 1.66. The van der Waals surface area contributed by atoms with E-state index in [4.69, 9.17) is 4.74 Å². The lowest BCUT2D eigenvalue weighted by atomic mass is 9.98. The second-order valence-electron chi connectivity index (χ2n) is 5.95. The van der Waals surface area contributed by atoms with Gasteiger partial charge in [-0.1, -0.05) is 49.2 Å². The summed E-state index contributed by atoms with van der Waals surface area (Å²) < 4.78 is 5.48. The highest BCUT2D eigenvalue weighted by Gasteiger charge is 2.21. The van der Waals surface area contributed by atoms with Gasteiger partial charge in [0.15, 0.2) is 0 Å². The Balaban J connectivity index is 1.99. The number of benzene rings is 2. The second kappa shape index (κ2) is 7.32. The fourth-order valence-corrected chi connectivity index (χ4v) is 3.22. The molecule has 1 heterocycles.